The van der Waals surface area contributed by atoms with Gasteiger partial charge in [-0.3, -0.25) is 14.2 Å². The second-order valence-corrected chi connectivity index (χ2v) is 8.98. The van der Waals surface area contributed by atoms with E-state index in [0.29, 0.717) is 27.6 Å². The first-order valence-electron chi connectivity index (χ1n) is 10.5. The van der Waals surface area contributed by atoms with Gasteiger partial charge in [0.1, 0.15) is 11.1 Å². The molecule has 0 bridgehead atoms. The molecule has 0 radical (unpaired) electrons. The van der Waals surface area contributed by atoms with Crippen LogP contribution < -0.4 is 15.6 Å². The standard InChI is InChI=1S/C23H18F3N5O3S/c1-13-2-6-15(7-3-13)31-20-18(11-27-31)21(33)30-16(12-35-22(30)29-20)10-19(32)28-14-4-8-17(9-5-14)34-23(24,25)26/h2-9,11,16H,10,12H2,1H3,(H,28,32). The number of benzene rings is 2. The Kier molecular flexibility index (Phi) is 5.75. The van der Waals surface area contributed by atoms with Gasteiger partial charge in [0.15, 0.2) is 10.8 Å². The number of hydrogen-bond donors (Lipinski definition) is 1. The second-order valence-electron chi connectivity index (χ2n) is 7.99. The van der Waals surface area contributed by atoms with E-state index in [1.165, 1.54) is 34.7 Å². The van der Waals surface area contributed by atoms with E-state index >= 15 is 0 Å². The minimum atomic E-state index is -4.79. The Labute approximate surface area is 200 Å². The number of halogens is 3. The van der Waals surface area contributed by atoms with Gasteiger partial charge in [-0.15, -0.1) is 13.2 Å². The lowest BCUT2D eigenvalue weighted by Gasteiger charge is -2.14. The molecule has 2 aromatic heterocycles. The maximum atomic E-state index is 13.2. The van der Waals surface area contributed by atoms with Gasteiger partial charge < -0.3 is 10.1 Å². The quantitative estimate of drug-likeness (QED) is 0.406. The zero-order valence-corrected chi connectivity index (χ0v) is 19.1. The van der Waals surface area contributed by atoms with E-state index in [1.807, 2.05) is 31.2 Å². The van der Waals surface area contributed by atoms with Crippen molar-refractivity contribution in [2.75, 3.05) is 11.1 Å². The van der Waals surface area contributed by atoms with Crippen LogP contribution in [0.5, 0.6) is 5.75 Å². The number of hydrogen-bond acceptors (Lipinski definition) is 6. The van der Waals surface area contributed by atoms with Gasteiger partial charge in [-0.1, -0.05) is 29.5 Å². The third-order valence-electron chi connectivity index (χ3n) is 5.44. The van der Waals surface area contributed by atoms with Crippen molar-refractivity contribution in [1.82, 2.24) is 19.3 Å². The Morgan fingerprint density at radius 3 is 2.57 bits per heavy atom. The van der Waals surface area contributed by atoms with Crippen molar-refractivity contribution in [3.8, 4) is 11.4 Å². The van der Waals surface area contributed by atoms with E-state index in [2.05, 4.69) is 20.1 Å². The lowest BCUT2D eigenvalue weighted by atomic mass is 10.2. The lowest BCUT2D eigenvalue weighted by molar-refractivity contribution is -0.274. The number of aryl methyl sites for hydroxylation is 1. The molecule has 0 saturated heterocycles. The monoisotopic (exact) mass is 501 g/mol. The highest BCUT2D eigenvalue weighted by atomic mass is 32.2. The SMILES string of the molecule is Cc1ccc(-n2ncc3c(=O)n4c(nc32)SCC4CC(=O)Nc2ccc(OC(F)(F)F)cc2)cc1. The highest BCUT2D eigenvalue weighted by Crippen LogP contribution is 2.34. The van der Waals surface area contributed by atoms with Gasteiger partial charge in [0.25, 0.3) is 5.56 Å². The van der Waals surface area contributed by atoms with Crippen LogP contribution in [-0.2, 0) is 4.79 Å². The first kappa shape index (κ1) is 23.0. The molecule has 1 aliphatic rings. The van der Waals surface area contributed by atoms with Gasteiger partial charge in [-0.05, 0) is 43.3 Å². The molecule has 3 heterocycles. The molecule has 180 valence electrons. The summed E-state index contributed by atoms with van der Waals surface area (Å²) in [6.07, 6.45) is -3.32. The number of rotatable bonds is 5. The summed E-state index contributed by atoms with van der Waals surface area (Å²) in [7, 11) is 0. The van der Waals surface area contributed by atoms with Gasteiger partial charge in [-0.25, -0.2) is 9.67 Å². The summed E-state index contributed by atoms with van der Waals surface area (Å²) >= 11 is 1.38. The van der Waals surface area contributed by atoms with E-state index in [1.54, 1.807) is 4.68 Å². The normalized spacial score (nSPS) is 15.3. The Hall–Kier alpha value is -3.80. The summed E-state index contributed by atoms with van der Waals surface area (Å²) in [5.74, 6) is -0.279. The predicted molar refractivity (Wildman–Crippen MR) is 124 cm³/mol. The summed E-state index contributed by atoms with van der Waals surface area (Å²) in [5, 5.41) is 7.83. The van der Waals surface area contributed by atoms with Crippen LogP contribution in [-0.4, -0.2) is 37.4 Å². The molecule has 1 aliphatic heterocycles. The molecule has 2 aromatic carbocycles. The number of carbonyl (C=O) groups is 1. The fraction of sp³-hybridized carbons (Fsp3) is 0.217. The van der Waals surface area contributed by atoms with Gasteiger partial charge >= 0.3 is 6.36 Å². The van der Waals surface area contributed by atoms with Crippen LogP contribution in [0.4, 0.5) is 18.9 Å². The highest BCUT2D eigenvalue weighted by Gasteiger charge is 2.31. The van der Waals surface area contributed by atoms with Crippen LogP contribution in [0.3, 0.4) is 0 Å². The molecule has 1 unspecified atom stereocenters. The molecule has 0 aliphatic carbocycles. The van der Waals surface area contributed by atoms with E-state index in [-0.39, 0.29) is 23.6 Å². The molecular formula is C23H18F3N5O3S. The summed E-state index contributed by atoms with van der Waals surface area (Å²) in [5.41, 5.74) is 2.37. The molecule has 4 aromatic rings. The minimum absolute atomic E-state index is 0.00000482. The molecule has 0 saturated carbocycles. The summed E-state index contributed by atoms with van der Waals surface area (Å²) in [6, 6.07) is 12.1. The van der Waals surface area contributed by atoms with Crippen molar-refractivity contribution < 1.29 is 22.7 Å². The predicted octanol–water partition coefficient (Wildman–Crippen LogP) is 4.46. The first-order valence-corrected chi connectivity index (χ1v) is 11.5. The number of fused-ring (bicyclic) bond motifs is 2. The zero-order valence-electron chi connectivity index (χ0n) is 18.2. The topological polar surface area (TPSA) is 91.0 Å². The Balaban J connectivity index is 1.34. The number of aromatic nitrogens is 4. The number of ether oxygens (including phenoxy) is 1. The molecule has 35 heavy (non-hydrogen) atoms. The van der Waals surface area contributed by atoms with Crippen LogP contribution in [0.15, 0.2) is 64.7 Å². The van der Waals surface area contributed by atoms with Crippen molar-refractivity contribution in [2.45, 2.75) is 30.9 Å². The van der Waals surface area contributed by atoms with Crippen molar-refractivity contribution in [3.05, 3.63) is 70.6 Å². The van der Waals surface area contributed by atoms with Gasteiger partial charge in [0, 0.05) is 17.9 Å². The van der Waals surface area contributed by atoms with E-state index in [0.717, 1.165) is 23.4 Å². The molecule has 1 atom stereocenters. The Morgan fingerprint density at radius 1 is 1.17 bits per heavy atom. The van der Waals surface area contributed by atoms with Crippen molar-refractivity contribution in [3.63, 3.8) is 0 Å². The summed E-state index contributed by atoms with van der Waals surface area (Å²) in [4.78, 5) is 30.5. The first-order chi connectivity index (χ1) is 16.7. The molecule has 0 fully saturated rings. The van der Waals surface area contributed by atoms with Crippen LogP contribution in [0.1, 0.15) is 18.0 Å². The largest absolute Gasteiger partial charge is 0.573 e. The third-order valence-corrected chi connectivity index (χ3v) is 6.54. The smallest absolute Gasteiger partial charge is 0.406 e. The van der Waals surface area contributed by atoms with Crippen LogP contribution in [0.25, 0.3) is 16.7 Å². The van der Waals surface area contributed by atoms with Crippen LogP contribution in [0, 0.1) is 6.92 Å². The summed E-state index contributed by atoms with van der Waals surface area (Å²) in [6.45, 7) is 1.98. The summed E-state index contributed by atoms with van der Waals surface area (Å²) < 4.78 is 43.8. The van der Waals surface area contributed by atoms with Crippen molar-refractivity contribution >= 4 is 34.4 Å². The zero-order chi connectivity index (χ0) is 24.7. The van der Waals surface area contributed by atoms with Crippen molar-refractivity contribution in [1.29, 1.82) is 0 Å². The Bertz CT molecular complexity index is 1460. The number of nitrogens with zero attached hydrogens (tertiary/aromatic N) is 4. The maximum Gasteiger partial charge on any atom is 0.573 e. The molecule has 1 N–H and O–H groups in total. The molecule has 8 nitrogen and oxygen atoms in total. The average Bonchev–Trinajstić information content (AvgIpc) is 3.40. The lowest BCUT2D eigenvalue weighted by Crippen LogP contribution is -2.27. The van der Waals surface area contributed by atoms with Crippen molar-refractivity contribution in [2.24, 2.45) is 0 Å². The molecule has 5 rings (SSSR count). The fourth-order valence-electron chi connectivity index (χ4n) is 3.82. The highest BCUT2D eigenvalue weighted by molar-refractivity contribution is 7.99. The number of nitrogens with one attached hydrogen (secondary N) is 1. The number of alkyl halides is 3. The van der Waals surface area contributed by atoms with Gasteiger partial charge in [-0.2, -0.15) is 5.10 Å². The van der Waals surface area contributed by atoms with E-state index in [9.17, 15) is 22.8 Å². The number of amides is 1. The van der Waals surface area contributed by atoms with Gasteiger partial charge in [0.05, 0.1) is 17.9 Å². The third kappa shape index (κ3) is 4.74. The Morgan fingerprint density at radius 2 is 1.89 bits per heavy atom. The van der Waals surface area contributed by atoms with Gasteiger partial charge in [0.2, 0.25) is 5.91 Å². The number of carbonyl (C=O) groups excluding carboxylic acids is 1. The molecule has 1 amide bonds. The number of anilines is 1. The maximum absolute atomic E-state index is 13.2. The number of thioether (sulfide) groups is 1. The van der Waals surface area contributed by atoms with Crippen LogP contribution >= 0.6 is 11.8 Å². The molecule has 0 spiro atoms. The van der Waals surface area contributed by atoms with Crippen LogP contribution in [0.2, 0.25) is 0 Å². The van der Waals surface area contributed by atoms with E-state index < -0.39 is 12.4 Å². The van der Waals surface area contributed by atoms with E-state index in [4.69, 9.17) is 0 Å². The molecular weight excluding hydrogens is 483 g/mol. The average molecular weight is 501 g/mol. The fourth-order valence-corrected chi connectivity index (χ4v) is 4.95. The second kappa shape index (κ2) is 8.77. The minimum Gasteiger partial charge on any atom is -0.406 e. The molecule has 12 heteroatoms.